The number of methoxy groups -OCH3 is 1. The summed E-state index contributed by atoms with van der Waals surface area (Å²) in [5.41, 5.74) is 1.77. The second-order valence-electron chi connectivity index (χ2n) is 7.80. The average molecular weight is 515 g/mol. The lowest BCUT2D eigenvalue weighted by Gasteiger charge is -2.24. The van der Waals surface area contributed by atoms with Crippen molar-refractivity contribution in [2.24, 2.45) is 14.1 Å². The zero-order chi connectivity index (χ0) is 25.3. The highest BCUT2D eigenvalue weighted by atomic mass is 35.5. The standard InChI is InChI=1S/C24H23ClN4O5S/c1-27-20-11-9-16(13-21(20)28(2)24(27)31)26-23(30)15-29(17-10-12-22(34-3)19(25)14-17)35(32,33)18-7-5-4-6-8-18/h4-14H,15H2,1-3H3,(H,26,30). The van der Waals surface area contributed by atoms with Gasteiger partial charge in [0, 0.05) is 19.8 Å². The van der Waals surface area contributed by atoms with Crippen LogP contribution in [0.2, 0.25) is 5.02 Å². The Balaban J connectivity index is 1.68. The van der Waals surface area contributed by atoms with Gasteiger partial charge in [-0.2, -0.15) is 0 Å². The lowest BCUT2D eigenvalue weighted by molar-refractivity contribution is -0.114. The molecule has 0 fully saturated rings. The molecule has 0 atom stereocenters. The van der Waals surface area contributed by atoms with Crippen molar-refractivity contribution in [1.82, 2.24) is 9.13 Å². The quantitative estimate of drug-likeness (QED) is 0.407. The van der Waals surface area contributed by atoms with E-state index in [0.717, 1.165) is 4.31 Å². The molecule has 0 saturated heterocycles. The second-order valence-corrected chi connectivity index (χ2v) is 10.1. The van der Waals surface area contributed by atoms with Crippen molar-refractivity contribution >= 4 is 49.9 Å². The van der Waals surface area contributed by atoms with Crippen molar-refractivity contribution in [3.8, 4) is 5.75 Å². The Morgan fingerprint density at radius 2 is 1.69 bits per heavy atom. The first-order chi connectivity index (χ1) is 16.6. The number of fused-ring (bicyclic) bond motifs is 1. The number of aromatic nitrogens is 2. The summed E-state index contributed by atoms with van der Waals surface area (Å²) in [4.78, 5) is 25.2. The Morgan fingerprint density at radius 3 is 2.34 bits per heavy atom. The Labute approximate surface area is 207 Å². The minimum atomic E-state index is -4.10. The molecular formula is C24H23ClN4O5S. The van der Waals surface area contributed by atoms with E-state index in [1.807, 2.05) is 0 Å². The fraction of sp³-hybridized carbons (Fsp3) is 0.167. The van der Waals surface area contributed by atoms with Crippen molar-refractivity contribution < 1.29 is 17.9 Å². The third-order valence-corrected chi connectivity index (χ3v) is 7.68. The normalized spacial score (nSPS) is 11.4. The third-order valence-electron chi connectivity index (χ3n) is 5.60. The fourth-order valence-corrected chi connectivity index (χ4v) is 5.45. The zero-order valence-electron chi connectivity index (χ0n) is 19.2. The SMILES string of the molecule is COc1ccc(N(CC(=O)Nc2ccc3c(c2)n(C)c(=O)n3C)S(=O)(=O)c2ccccc2)cc1Cl. The number of sulfonamides is 1. The van der Waals surface area contributed by atoms with Crippen molar-refractivity contribution in [2.45, 2.75) is 4.90 Å². The van der Waals surface area contributed by atoms with Crippen LogP contribution in [0.4, 0.5) is 11.4 Å². The maximum atomic E-state index is 13.5. The number of aryl methyl sites for hydroxylation is 2. The van der Waals surface area contributed by atoms with Crippen LogP contribution >= 0.6 is 11.6 Å². The van der Waals surface area contributed by atoms with Gasteiger partial charge in [-0.1, -0.05) is 29.8 Å². The van der Waals surface area contributed by atoms with Crippen LogP contribution < -0.4 is 20.0 Å². The summed E-state index contributed by atoms with van der Waals surface area (Å²) in [6.07, 6.45) is 0. The lowest BCUT2D eigenvalue weighted by Crippen LogP contribution is -2.38. The van der Waals surface area contributed by atoms with Gasteiger partial charge in [-0.3, -0.25) is 18.2 Å². The summed E-state index contributed by atoms with van der Waals surface area (Å²) in [6, 6.07) is 17.3. The molecule has 4 rings (SSSR count). The van der Waals surface area contributed by atoms with E-state index in [2.05, 4.69) is 5.32 Å². The number of carbonyl (C=O) groups is 1. The van der Waals surface area contributed by atoms with Crippen LogP contribution in [0.5, 0.6) is 5.75 Å². The van der Waals surface area contributed by atoms with E-state index in [9.17, 15) is 18.0 Å². The van der Waals surface area contributed by atoms with Gasteiger partial charge < -0.3 is 10.1 Å². The molecule has 0 saturated carbocycles. The number of hydrogen-bond donors (Lipinski definition) is 1. The molecule has 11 heteroatoms. The first kappa shape index (κ1) is 24.4. The molecule has 1 N–H and O–H groups in total. The van der Waals surface area contributed by atoms with E-state index < -0.39 is 22.5 Å². The van der Waals surface area contributed by atoms with Gasteiger partial charge in [-0.15, -0.1) is 0 Å². The van der Waals surface area contributed by atoms with Crippen molar-refractivity contribution in [1.29, 1.82) is 0 Å². The van der Waals surface area contributed by atoms with E-state index in [-0.39, 0.29) is 21.3 Å². The van der Waals surface area contributed by atoms with Gasteiger partial charge >= 0.3 is 5.69 Å². The van der Waals surface area contributed by atoms with E-state index in [0.29, 0.717) is 22.5 Å². The molecular weight excluding hydrogens is 492 g/mol. The summed E-state index contributed by atoms with van der Waals surface area (Å²) in [7, 11) is 0.652. The fourth-order valence-electron chi connectivity index (χ4n) is 3.76. The number of nitrogens with one attached hydrogen (secondary N) is 1. The van der Waals surface area contributed by atoms with Gasteiger partial charge in [0.25, 0.3) is 10.0 Å². The van der Waals surface area contributed by atoms with E-state index in [4.69, 9.17) is 16.3 Å². The highest BCUT2D eigenvalue weighted by Gasteiger charge is 2.28. The molecule has 0 spiro atoms. The molecule has 0 aliphatic carbocycles. The summed E-state index contributed by atoms with van der Waals surface area (Å²) in [5.74, 6) is -0.199. The van der Waals surface area contributed by atoms with Gasteiger partial charge in [0.2, 0.25) is 5.91 Å². The van der Waals surface area contributed by atoms with Crippen LogP contribution in [0.3, 0.4) is 0 Å². The van der Waals surface area contributed by atoms with Crippen molar-refractivity contribution in [2.75, 3.05) is 23.3 Å². The molecule has 0 aliphatic rings. The largest absolute Gasteiger partial charge is 0.495 e. The monoisotopic (exact) mass is 514 g/mol. The maximum absolute atomic E-state index is 13.5. The number of carbonyl (C=O) groups excluding carboxylic acids is 1. The Kier molecular flexibility index (Phi) is 6.60. The molecule has 1 heterocycles. The average Bonchev–Trinajstić information content (AvgIpc) is 3.06. The zero-order valence-corrected chi connectivity index (χ0v) is 20.8. The van der Waals surface area contributed by atoms with Crippen LogP contribution in [0.15, 0.2) is 76.4 Å². The second kappa shape index (κ2) is 9.47. The first-order valence-corrected chi connectivity index (χ1v) is 12.3. The smallest absolute Gasteiger partial charge is 0.328 e. The van der Waals surface area contributed by atoms with E-state index in [1.54, 1.807) is 50.5 Å². The molecule has 1 aromatic heterocycles. The van der Waals surface area contributed by atoms with Crippen LogP contribution in [0.1, 0.15) is 0 Å². The van der Waals surface area contributed by atoms with Crippen molar-refractivity contribution in [3.05, 3.63) is 82.2 Å². The Morgan fingerprint density at radius 1 is 1.00 bits per heavy atom. The van der Waals surface area contributed by atoms with Crippen LogP contribution in [-0.4, -0.2) is 37.1 Å². The molecule has 0 bridgehead atoms. The van der Waals surface area contributed by atoms with Gasteiger partial charge in [0.1, 0.15) is 12.3 Å². The molecule has 1 amide bonds. The third kappa shape index (κ3) is 4.62. The number of halogens is 1. The highest BCUT2D eigenvalue weighted by Crippen LogP contribution is 2.32. The lowest BCUT2D eigenvalue weighted by atomic mass is 10.2. The van der Waals surface area contributed by atoms with Gasteiger partial charge in [-0.05, 0) is 48.5 Å². The van der Waals surface area contributed by atoms with E-state index >= 15 is 0 Å². The minimum absolute atomic E-state index is 0.0282. The summed E-state index contributed by atoms with van der Waals surface area (Å²) >= 11 is 6.24. The number of rotatable bonds is 7. The molecule has 182 valence electrons. The van der Waals surface area contributed by atoms with Crippen LogP contribution in [0.25, 0.3) is 11.0 Å². The minimum Gasteiger partial charge on any atom is -0.495 e. The summed E-state index contributed by atoms with van der Waals surface area (Å²) < 4.78 is 36.1. The maximum Gasteiger partial charge on any atom is 0.328 e. The van der Waals surface area contributed by atoms with Crippen LogP contribution in [0, 0.1) is 0 Å². The predicted octanol–water partition coefficient (Wildman–Crippen LogP) is 3.37. The molecule has 0 aliphatic heterocycles. The predicted molar refractivity (Wildman–Crippen MR) is 136 cm³/mol. The number of imidazole rings is 1. The van der Waals surface area contributed by atoms with Gasteiger partial charge in [0.15, 0.2) is 0 Å². The number of amides is 1. The number of ether oxygens (including phenoxy) is 1. The number of hydrogen-bond acceptors (Lipinski definition) is 5. The summed E-state index contributed by atoms with van der Waals surface area (Å²) in [6.45, 7) is -0.508. The Hall–Kier alpha value is -3.76. The number of nitrogens with zero attached hydrogens (tertiary/aromatic N) is 3. The van der Waals surface area contributed by atoms with Gasteiger partial charge in [-0.25, -0.2) is 13.2 Å². The topological polar surface area (TPSA) is 103 Å². The molecule has 35 heavy (non-hydrogen) atoms. The molecule has 3 aromatic carbocycles. The summed E-state index contributed by atoms with van der Waals surface area (Å²) in [5, 5.41) is 2.93. The molecule has 4 aromatic rings. The number of benzene rings is 3. The molecule has 9 nitrogen and oxygen atoms in total. The number of anilines is 2. The Bertz CT molecular complexity index is 1580. The molecule has 0 radical (unpaired) electrons. The highest BCUT2D eigenvalue weighted by molar-refractivity contribution is 7.92. The van der Waals surface area contributed by atoms with E-state index in [1.165, 1.54) is 46.6 Å². The van der Waals surface area contributed by atoms with Crippen molar-refractivity contribution in [3.63, 3.8) is 0 Å². The van der Waals surface area contributed by atoms with Gasteiger partial charge in [0.05, 0.1) is 33.7 Å². The van der Waals surface area contributed by atoms with Crippen LogP contribution in [-0.2, 0) is 28.9 Å². The molecule has 0 unspecified atom stereocenters. The first-order valence-electron chi connectivity index (χ1n) is 10.5.